The maximum absolute atomic E-state index is 2.52. The molecule has 0 aliphatic heterocycles. The number of nitrogens with zero attached hydrogens (tertiary/aromatic N) is 1. The molecule has 0 radical (unpaired) electrons. The van der Waals surface area contributed by atoms with Crippen LogP contribution in [-0.4, -0.2) is 0 Å². The smallest absolute Gasteiger partial charge is 0.0555 e. The van der Waals surface area contributed by atoms with Crippen molar-refractivity contribution in [2.24, 2.45) is 0 Å². The fourth-order valence-corrected chi connectivity index (χ4v) is 9.58. The van der Waals surface area contributed by atoms with Gasteiger partial charge in [-0.25, -0.2) is 0 Å². The number of hydrogen-bond acceptors (Lipinski definition) is 3. The number of benzene rings is 8. The van der Waals surface area contributed by atoms with Crippen LogP contribution in [-0.2, 0) is 0 Å². The summed E-state index contributed by atoms with van der Waals surface area (Å²) in [7, 11) is 0. The first kappa shape index (κ1) is 25.1. The van der Waals surface area contributed by atoms with Gasteiger partial charge in [-0.15, -0.1) is 22.7 Å². The Labute approximate surface area is 267 Å². The van der Waals surface area contributed by atoms with Gasteiger partial charge >= 0.3 is 0 Å². The summed E-state index contributed by atoms with van der Waals surface area (Å²) in [6.07, 6.45) is 0. The minimum atomic E-state index is 1.16. The second-order valence-corrected chi connectivity index (χ2v) is 13.8. The van der Waals surface area contributed by atoms with E-state index in [0.29, 0.717) is 0 Å². The normalized spacial score (nSPS) is 12.0. The zero-order valence-corrected chi connectivity index (χ0v) is 25.8. The third-order valence-corrected chi connectivity index (χ3v) is 11.5. The fraction of sp³-hybridized carbons (Fsp3) is 0. The van der Waals surface area contributed by atoms with Crippen molar-refractivity contribution >= 4 is 112 Å². The summed E-state index contributed by atoms with van der Waals surface area (Å²) in [6.45, 7) is 0. The molecule has 0 aliphatic rings. The Morgan fingerprint density at radius 1 is 0.311 bits per heavy atom. The zero-order valence-electron chi connectivity index (χ0n) is 24.2. The van der Waals surface area contributed by atoms with Gasteiger partial charge in [0.1, 0.15) is 0 Å². The van der Waals surface area contributed by atoms with Crippen LogP contribution in [0.2, 0.25) is 0 Å². The second kappa shape index (κ2) is 9.64. The Morgan fingerprint density at radius 3 is 1.22 bits per heavy atom. The number of hydrogen-bond donors (Lipinski definition) is 0. The lowest BCUT2D eigenvalue weighted by molar-refractivity contribution is 1.33. The number of rotatable bonds is 3. The summed E-state index contributed by atoms with van der Waals surface area (Å²) in [5.74, 6) is 0. The van der Waals surface area contributed by atoms with Gasteiger partial charge in [0.2, 0.25) is 0 Å². The first-order valence-electron chi connectivity index (χ1n) is 15.3. The largest absolute Gasteiger partial charge is 0.309 e. The van der Waals surface area contributed by atoms with E-state index in [9.17, 15) is 0 Å². The lowest BCUT2D eigenvalue weighted by atomic mass is 9.94. The maximum Gasteiger partial charge on any atom is 0.0555 e. The molecule has 1 nitrogen and oxygen atoms in total. The highest BCUT2D eigenvalue weighted by atomic mass is 32.1. The van der Waals surface area contributed by atoms with E-state index in [1.807, 2.05) is 22.7 Å². The summed E-state index contributed by atoms with van der Waals surface area (Å²) in [4.78, 5) is 2.52. The number of fused-ring (bicyclic) bond motifs is 12. The second-order valence-electron chi connectivity index (χ2n) is 11.7. The molecule has 2 aromatic heterocycles. The molecular formula is C42H25NS2. The lowest BCUT2D eigenvalue weighted by Gasteiger charge is -2.28. The van der Waals surface area contributed by atoms with Crippen LogP contribution in [0.1, 0.15) is 0 Å². The average Bonchev–Trinajstić information content (AvgIpc) is 3.68. The van der Waals surface area contributed by atoms with Crippen LogP contribution in [0, 0.1) is 0 Å². The minimum Gasteiger partial charge on any atom is -0.309 e. The highest BCUT2D eigenvalue weighted by Gasteiger charge is 2.22. The molecule has 2 heterocycles. The quantitative estimate of drug-likeness (QED) is 0.181. The number of thiophene rings is 2. The van der Waals surface area contributed by atoms with Gasteiger partial charge in [-0.05, 0) is 80.8 Å². The van der Waals surface area contributed by atoms with Gasteiger partial charge in [0, 0.05) is 46.0 Å². The molecular weight excluding hydrogens is 583 g/mol. The molecule has 3 heteroatoms. The molecule has 0 spiro atoms. The van der Waals surface area contributed by atoms with Crippen LogP contribution in [0.4, 0.5) is 17.1 Å². The van der Waals surface area contributed by atoms with Crippen molar-refractivity contribution in [3.05, 3.63) is 152 Å². The molecule has 0 fully saturated rings. The highest BCUT2D eigenvalue weighted by Crippen LogP contribution is 2.49. The molecule has 210 valence electrons. The highest BCUT2D eigenvalue weighted by molar-refractivity contribution is 7.26. The molecule has 8 aromatic carbocycles. The van der Waals surface area contributed by atoms with Crippen molar-refractivity contribution in [1.82, 2.24) is 0 Å². The van der Waals surface area contributed by atoms with Crippen molar-refractivity contribution in [2.75, 3.05) is 4.90 Å². The molecule has 0 saturated heterocycles. The molecule has 0 atom stereocenters. The Morgan fingerprint density at radius 2 is 0.711 bits per heavy atom. The molecule has 0 unspecified atom stereocenters. The Balaban J connectivity index is 1.36. The first-order chi connectivity index (χ1) is 22.3. The Hall–Kier alpha value is -5.22. The van der Waals surface area contributed by atoms with Crippen LogP contribution in [0.3, 0.4) is 0 Å². The van der Waals surface area contributed by atoms with Gasteiger partial charge in [-0.3, -0.25) is 0 Å². The first-order valence-corrected chi connectivity index (χ1v) is 16.9. The van der Waals surface area contributed by atoms with E-state index in [2.05, 4.69) is 157 Å². The molecule has 0 saturated carbocycles. The van der Waals surface area contributed by atoms with E-state index in [4.69, 9.17) is 0 Å². The van der Waals surface area contributed by atoms with Crippen LogP contribution in [0.15, 0.2) is 152 Å². The summed E-state index contributed by atoms with van der Waals surface area (Å²) >= 11 is 3.75. The molecule has 10 rings (SSSR count). The SMILES string of the molecule is c1ccc2c(c1)sc1cccc(N(c3ccc4c5ccccc5c5ccccc5c4c3)c3cccc4sc5ccccc5c34)c12. The van der Waals surface area contributed by atoms with Crippen molar-refractivity contribution in [1.29, 1.82) is 0 Å². The molecule has 0 N–H and O–H groups in total. The monoisotopic (exact) mass is 607 g/mol. The van der Waals surface area contributed by atoms with Crippen LogP contribution in [0.25, 0.3) is 72.7 Å². The molecule has 10 aromatic rings. The molecule has 0 bridgehead atoms. The summed E-state index contributed by atoms with van der Waals surface area (Å²) in [5.41, 5.74) is 3.57. The lowest BCUT2D eigenvalue weighted by Crippen LogP contribution is -2.10. The van der Waals surface area contributed by atoms with Crippen molar-refractivity contribution < 1.29 is 0 Å². The summed E-state index contributed by atoms with van der Waals surface area (Å²) in [5, 5.41) is 12.9. The predicted molar refractivity (Wildman–Crippen MR) is 199 cm³/mol. The molecule has 0 aliphatic carbocycles. The average molecular weight is 608 g/mol. The number of anilines is 3. The van der Waals surface area contributed by atoms with E-state index in [1.165, 1.54) is 84.0 Å². The van der Waals surface area contributed by atoms with Crippen LogP contribution < -0.4 is 4.90 Å². The van der Waals surface area contributed by atoms with Crippen LogP contribution >= 0.6 is 22.7 Å². The summed E-state index contributed by atoms with van der Waals surface area (Å²) in [6, 6.07) is 56.0. The fourth-order valence-electron chi connectivity index (χ4n) is 7.33. The van der Waals surface area contributed by atoms with Crippen molar-refractivity contribution in [3.8, 4) is 0 Å². The third-order valence-electron chi connectivity index (χ3n) is 9.23. The van der Waals surface area contributed by atoms with Crippen LogP contribution in [0.5, 0.6) is 0 Å². The van der Waals surface area contributed by atoms with Gasteiger partial charge in [0.25, 0.3) is 0 Å². The summed E-state index contributed by atoms with van der Waals surface area (Å²) < 4.78 is 5.24. The van der Waals surface area contributed by atoms with E-state index in [1.54, 1.807) is 0 Å². The van der Waals surface area contributed by atoms with Crippen molar-refractivity contribution in [2.45, 2.75) is 0 Å². The van der Waals surface area contributed by atoms with E-state index in [-0.39, 0.29) is 0 Å². The predicted octanol–water partition coefficient (Wildman–Crippen LogP) is 13.4. The minimum absolute atomic E-state index is 1.16. The maximum atomic E-state index is 2.52. The van der Waals surface area contributed by atoms with Gasteiger partial charge in [-0.2, -0.15) is 0 Å². The van der Waals surface area contributed by atoms with E-state index < -0.39 is 0 Å². The van der Waals surface area contributed by atoms with E-state index >= 15 is 0 Å². The van der Waals surface area contributed by atoms with Crippen molar-refractivity contribution in [3.63, 3.8) is 0 Å². The topological polar surface area (TPSA) is 3.24 Å². The molecule has 0 amide bonds. The standard InChI is InChI=1S/C42H25NS2/c1-2-13-29-27(11-1)28-12-3-4-14-30(28)34-25-26(23-24-31(29)34)43(35-17-9-21-39-41(35)32-15-5-7-19-37(32)44-39)36-18-10-22-40-42(36)33-16-6-8-20-38(33)45-40/h1-25H. The Kier molecular flexibility index (Phi) is 5.39. The van der Waals surface area contributed by atoms with Gasteiger partial charge < -0.3 is 4.90 Å². The third kappa shape index (κ3) is 3.66. The van der Waals surface area contributed by atoms with Gasteiger partial charge in [-0.1, -0.05) is 103 Å². The Bertz CT molecular complexity index is 2630. The van der Waals surface area contributed by atoms with Gasteiger partial charge in [0.15, 0.2) is 0 Å². The van der Waals surface area contributed by atoms with E-state index in [0.717, 1.165) is 5.69 Å². The van der Waals surface area contributed by atoms with Gasteiger partial charge in [0.05, 0.1) is 11.4 Å². The molecule has 45 heavy (non-hydrogen) atoms. The zero-order chi connectivity index (χ0) is 29.5.